The molecule has 132 valence electrons. The Kier molecular flexibility index (Phi) is 6.01. The molecule has 0 aliphatic carbocycles. The van der Waals surface area contributed by atoms with Crippen LogP contribution in [0.5, 0.6) is 11.5 Å². The summed E-state index contributed by atoms with van der Waals surface area (Å²) >= 11 is 11.9. The lowest BCUT2D eigenvalue weighted by Crippen LogP contribution is -2.18. The van der Waals surface area contributed by atoms with Gasteiger partial charge in [0, 0.05) is 23.9 Å². The van der Waals surface area contributed by atoms with Gasteiger partial charge in [-0.15, -0.1) is 0 Å². The van der Waals surface area contributed by atoms with E-state index in [-0.39, 0.29) is 33.7 Å². The summed E-state index contributed by atoms with van der Waals surface area (Å²) in [5, 5.41) is 9.03. The molecule has 1 aromatic carbocycles. The highest BCUT2D eigenvalue weighted by molar-refractivity contribution is 6.36. The van der Waals surface area contributed by atoms with Gasteiger partial charge in [0.15, 0.2) is 23.1 Å². The number of benzene rings is 1. The molecule has 1 aromatic heterocycles. The van der Waals surface area contributed by atoms with Gasteiger partial charge in [0.1, 0.15) is 16.8 Å². The number of rotatable bonds is 5. The molecular weight excluding hydrogens is 375 g/mol. The summed E-state index contributed by atoms with van der Waals surface area (Å²) in [4.78, 5) is 3.84. The highest BCUT2D eigenvalue weighted by Crippen LogP contribution is 2.36. The molecule has 0 aliphatic rings. The van der Waals surface area contributed by atoms with E-state index < -0.39 is 23.2 Å². The van der Waals surface area contributed by atoms with Gasteiger partial charge in [-0.25, -0.2) is 13.8 Å². The van der Waals surface area contributed by atoms with E-state index in [1.165, 1.54) is 20.4 Å². The highest BCUT2D eigenvalue weighted by atomic mass is 35.5. The van der Waals surface area contributed by atoms with Crippen molar-refractivity contribution in [1.29, 1.82) is 5.26 Å². The summed E-state index contributed by atoms with van der Waals surface area (Å²) in [5.41, 5.74) is 5.86. The third kappa shape index (κ3) is 3.61. The van der Waals surface area contributed by atoms with Crippen LogP contribution in [0.1, 0.15) is 22.7 Å². The summed E-state index contributed by atoms with van der Waals surface area (Å²) in [5.74, 6) is -2.29. The largest absolute Gasteiger partial charge is 0.494 e. The Labute approximate surface area is 152 Å². The minimum absolute atomic E-state index is 0.0304. The predicted octanol–water partition coefficient (Wildman–Crippen LogP) is 3.80. The molecule has 2 aromatic rings. The van der Waals surface area contributed by atoms with Crippen molar-refractivity contribution in [3.05, 3.63) is 50.8 Å². The molecule has 25 heavy (non-hydrogen) atoms. The molecule has 0 radical (unpaired) electrons. The van der Waals surface area contributed by atoms with E-state index in [2.05, 4.69) is 4.98 Å². The number of nitrogens with two attached hydrogens (primary N) is 1. The molecule has 2 rings (SSSR count). The normalized spacial score (nSPS) is 11.8. The summed E-state index contributed by atoms with van der Waals surface area (Å²) < 4.78 is 38.7. The molecule has 1 heterocycles. The quantitative estimate of drug-likeness (QED) is 0.789. The van der Waals surface area contributed by atoms with Crippen molar-refractivity contribution in [3.8, 4) is 17.6 Å². The zero-order chi connectivity index (χ0) is 18.7. The fourth-order valence-electron chi connectivity index (χ4n) is 2.31. The van der Waals surface area contributed by atoms with Gasteiger partial charge in [0.25, 0.3) is 0 Å². The first-order chi connectivity index (χ1) is 11.8. The zero-order valence-corrected chi connectivity index (χ0v) is 14.8. The molecule has 2 N–H and O–H groups in total. The molecule has 1 unspecified atom stereocenters. The van der Waals surface area contributed by atoms with Crippen molar-refractivity contribution in [3.63, 3.8) is 0 Å². The lowest BCUT2D eigenvalue weighted by atomic mass is 9.98. The smallest absolute Gasteiger partial charge is 0.173 e. The van der Waals surface area contributed by atoms with Gasteiger partial charge < -0.3 is 15.2 Å². The molecule has 0 spiro atoms. The van der Waals surface area contributed by atoms with Crippen LogP contribution in [-0.2, 0) is 6.42 Å². The number of ether oxygens (including phenoxy) is 2. The summed E-state index contributed by atoms with van der Waals surface area (Å²) in [6.45, 7) is 0. The zero-order valence-electron chi connectivity index (χ0n) is 13.2. The molecule has 0 amide bonds. The van der Waals surface area contributed by atoms with Crippen LogP contribution in [-0.4, -0.2) is 19.2 Å². The van der Waals surface area contributed by atoms with Crippen molar-refractivity contribution in [2.45, 2.75) is 12.5 Å². The van der Waals surface area contributed by atoms with Crippen molar-refractivity contribution in [2.24, 2.45) is 5.73 Å². The first-order valence-corrected chi connectivity index (χ1v) is 7.69. The van der Waals surface area contributed by atoms with Crippen LogP contribution in [0.2, 0.25) is 10.2 Å². The van der Waals surface area contributed by atoms with E-state index in [0.717, 1.165) is 6.07 Å². The topological polar surface area (TPSA) is 81.2 Å². The molecule has 0 bridgehead atoms. The maximum atomic E-state index is 14.5. The van der Waals surface area contributed by atoms with E-state index in [1.807, 2.05) is 6.07 Å². The molecular formula is C16H13Cl2F2N3O2. The Balaban J connectivity index is 2.49. The molecule has 1 atom stereocenters. The minimum atomic E-state index is -1.13. The van der Waals surface area contributed by atoms with Crippen LogP contribution < -0.4 is 15.2 Å². The third-order valence-corrected chi connectivity index (χ3v) is 4.29. The predicted molar refractivity (Wildman–Crippen MR) is 89.1 cm³/mol. The average Bonchev–Trinajstić information content (AvgIpc) is 2.58. The van der Waals surface area contributed by atoms with Gasteiger partial charge in [-0.05, 0) is 12.0 Å². The van der Waals surface area contributed by atoms with Crippen LogP contribution >= 0.6 is 23.2 Å². The summed E-state index contributed by atoms with van der Waals surface area (Å²) in [6.07, 6.45) is 1.22. The molecule has 0 aliphatic heterocycles. The van der Waals surface area contributed by atoms with E-state index in [1.54, 1.807) is 0 Å². The van der Waals surface area contributed by atoms with Crippen molar-refractivity contribution < 1.29 is 18.3 Å². The number of halogens is 4. The van der Waals surface area contributed by atoms with Crippen LogP contribution in [0, 0.1) is 23.0 Å². The van der Waals surface area contributed by atoms with Crippen LogP contribution in [0.4, 0.5) is 8.78 Å². The Morgan fingerprint density at radius 1 is 1.24 bits per heavy atom. The maximum Gasteiger partial charge on any atom is 0.173 e. The number of nitrogens with zero attached hydrogens (tertiary/aromatic N) is 2. The van der Waals surface area contributed by atoms with Crippen molar-refractivity contribution in [1.82, 2.24) is 4.98 Å². The van der Waals surface area contributed by atoms with Gasteiger partial charge >= 0.3 is 0 Å². The number of hydrogen-bond donors (Lipinski definition) is 1. The molecule has 0 saturated carbocycles. The van der Waals surface area contributed by atoms with Crippen LogP contribution in [0.25, 0.3) is 0 Å². The fraction of sp³-hybridized carbons (Fsp3) is 0.250. The number of nitriles is 1. The Bertz CT molecular complexity index is 828. The maximum absolute atomic E-state index is 14.5. The van der Waals surface area contributed by atoms with E-state index in [4.69, 9.17) is 43.7 Å². The molecule has 5 nitrogen and oxygen atoms in total. The van der Waals surface area contributed by atoms with Gasteiger partial charge in [-0.2, -0.15) is 5.26 Å². The molecule has 9 heteroatoms. The van der Waals surface area contributed by atoms with Crippen molar-refractivity contribution in [2.75, 3.05) is 14.2 Å². The standard InChI is InChI=1S/C16H13Cl2F2N3O2/c1-24-10-4-11(25-2)15(20)12(14(10)19)9(22)3-7-6-23-16(18)8(5-21)13(7)17/h4,6,9H,3,22H2,1-2H3. The minimum Gasteiger partial charge on any atom is -0.494 e. The number of hydrogen-bond acceptors (Lipinski definition) is 5. The highest BCUT2D eigenvalue weighted by Gasteiger charge is 2.26. The second-order valence-corrected chi connectivity index (χ2v) is 5.74. The number of methoxy groups -OCH3 is 2. The summed E-state index contributed by atoms with van der Waals surface area (Å²) in [7, 11) is 2.48. The van der Waals surface area contributed by atoms with Gasteiger partial charge in [-0.3, -0.25) is 0 Å². The first-order valence-electron chi connectivity index (χ1n) is 6.94. The Morgan fingerprint density at radius 3 is 2.28 bits per heavy atom. The van der Waals surface area contributed by atoms with Crippen molar-refractivity contribution >= 4 is 23.2 Å². The lowest BCUT2D eigenvalue weighted by molar-refractivity contribution is 0.350. The van der Waals surface area contributed by atoms with E-state index in [0.29, 0.717) is 5.56 Å². The monoisotopic (exact) mass is 387 g/mol. The second kappa shape index (κ2) is 7.83. The van der Waals surface area contributed by atoms with E-state index in [9.17, 15) is 8.78 Å². The SMILES string of the molecule is COc1cc(OC)c(F)c(C(N)Cc2cnc(Cl)c(C#N)c2Cl)c1F. The Morgan fingerprint density at radius 2 is 1.80 bits per heavy atom. The number of aromatic nitrogens is 1. The van der Waals surface area contributed by atoms with Crippen LogP contribution in [0.3, 0.4) is 0 Å². The van der Waals surface area contributed by atoms with Crippen LogP contribution in [0.15, 0.2) is 12.3 Å². The summed E-state index contributed by atoms with van der Waals surface area (Å²) in [6, 6.07) is 1.78. The Hall–Kier alpha value is -2.14. The van der Waals surface area contributed by atoms with Gasteiger partial charge in [0.2, 0.25) is 0 Å². The second-order valence-electron chi connectivity index (χ2n) is 5.01. The van der Waals surface area contributed by atoms with Gasteiger partial charge in [0.05, 0.1) is 19.2 Å². The average molecular weight is 388 g/mol. The third-order valence-electron chi connectivity index (χ3n) is 3.57. The fourth-order valence-corrected chi connectivity index (χ4v) is 2.81. The van der Waals surface area contributed by atoms with Gasteiger partial charge in [-0.1, -0.05) is 23.2 Å². The first kappa shape index (κ1) is 19.2. The number of pyridine rings is 1. The molecule has 0 fully saturated rings. The van der Waals surface area contributed by atoms with E-state index >= 15 is 0 Å². The lowest BCUT2D eigenvalue weighted by Gasteiger charge is -2.18. The molecule has 0 saturated heterocycles.